The zero-order chi connectivity index (χ0) is 16.9. The lowest BCUT2D eigenvalue weighted by molar-refractivity contribution is 0.0784. The molecule has 2 aromatic rings. The van der Waals surface area contributed by atoms with Crippen LogP contribution in [-0.2, 0) is 11.3 Å². The number of carbonyl (C=O) groups excluding carboxylic acids is 1. The lowest BCUT2D eigenvalue weighted by Gasteiger charge is -2.27. The van der Waals surface area contributed by atoms with Crippen molar-refractivity contribution in [3.05, 3.63) is 53.7 Å². The topological polar surface area (TPSA) is 65.9 Å². The Labute approximate surface area is 141 Å². The highest BCUT2D eigenvalue weighted by atomic mass is 16.5. The van der Waals surface area contributed by atoms with E-state index in [2.05, 4.69) is 9.88 Å². The molecule has 24 heavy (non-hydrogen) atoms. The Morgan fingerprint density at radius 1 is 1.25 bits per heavy atom. The fourth-order valence-electron chi connectivity index (χ4n) is 2.68. The van der Waals surface area contributed by atoms with Crippen molar-refractivity contribution in [2.75, 3.05) is 38.3 Å². The molecule has 0 aliphatic carbocycles. The average molecular weight is 327 g/mol. The van der Waals surface area contributed by atoms with E-state index in [0.717, 1.165) is 18.9 Å². The predicted octanol–water partition coefficient (Wildman–Crippen LogP) is 1.90. The molecular weight excluding hydrogens is 306 g/mol. The van der Waals surface area contributed by atoms with Gasteiger partial charge in [-0.15, -0.1) is 0 Å². The highest BCUT2D eigenvalue weighted by molar-refractivity contribution is 5.93. The summed E-state index contributed by atoms with van der Waals surface area (Å²) >= 11 is 0. The van der Waals surface area contributed by atoms with Crippen molar-refractivity contribution in [2.24, 2.45) is 0 Å². The van der Waals surface area contributed by atoms with E-state index in [1.54, 1.807) is 42.4 Å². The molecule has 1 N–H and O–H groups in total. The maximum Gasteiger partial charge on any atom is 0.255 e. The fraction of sp³-hybridized carbons (Fsp3) is 0.333. The Morgan fingerprint density at radius 2 is 2.00 bits per heavy atom. The standard InChI is InChI=1S/C18H21N3O3/c1-20(13-15-4-2-3-5-16(15)22)18(23)14-6-7-17(19-12-14)21-8-10-24-11-9-21/h2-7,12,22H,8-11,13H2,1H3. The van der Waals surface area contributed by atoms with E-state index < -0.39 is 0 Å². The van der Waals surface area contributed by atoms with Crippen LogP contribution in [0, 0.1) is 0 Å². The smallest absolute Gasteiger partial charge is 0.255 e. The molecule has 3 rings (SSSR count). The molecule has 0 radical (unpaired) electrons. The lowest BCUT2D eigenvalue weighted by atomic mass is 10.1. The first-order chi connectivity index (χ1) is 11.6. The summed E-state index contributed by atoms with van der Waals surface area (Å²) in [5.41, 5.74) is 1.25. The van der Waals surface area contributed by atoms with Gasteiger partial charge in [-0.1, -0.05) is 18.2 Å². The Bertz CT molecular complexity index is 697. The van der Waals surface area contributed by atoms with Crippen LogP contribution in [-0.4, -0.2) is 54.2 Å². The van der Waals surface area contributed by atoms with Crippen molar-refractivity contribution in [3.63, 3.8) is 0 Å². The van der Waals surface area contributed by atoms with Crippen LogP contribution in [0.4, 0.5) is 5.82 Å². The molecule has 1 aromatic heterocycles. The maximum absolute atomic E-state index is 12.5. The first-order valence-electron chi connectivity index (χ1n) is 7.96. The minimum Gasteiger partial charge on any atom is -0.508 e. The van der Waals surface area contributed by atoms with E-state index in [4.69, 9.17) is 4.74 Å². The molecule has 126 valence electrons. The monoisotopic (exact) mass is 327 g/mol. The number of morpholine rings is 1. The Morgan fingerprint density at radius 3 is 2.67 bits per heavy atom. The number of para-hydroxylation sites is 1. The molecule has 1 aliphatic heterocycles. The quantitative estimate of drug-likeness (QED) is 0.929. The molecule has 6 nitrogen and oxygen atoms in total. The number of phenolic OH excluding ortho intramolecular Hbond substituents is 1. The zero-order valence-corrected chi connectivity index (χ0v) is 13.7. The van der Waals surface area contributed by atoms with Gasteiger partial charge in [0.2, 0.25) is 0 Å². The third kappa shape index (κ3) is 3.65. The number of phenols is 1. The molecule has 1 aliphatic rings. The number of anilines is 1. The summed E-state index contributed by atoms with van der Waals surface area (Å²) in [7, 11) is 1.71. The van der Waals surface area contributed by atoms with Gasteiger partial charge >= 0.3 is 0 Å². The van der Waals surface area contributed by atoms with Gasteiger partial charge in [-0.3, -0.25) is 4.79 Å². The fourth-order valence-corrected chi connectivity index (χ4v) is 2.68. The van der Waals surface area contributed by atoms with Crippen molar-refractivity contribution in [1.29, 1.82) is 0 Å². The van der Waals surface area contributed by atoms with Gasteiger partial charge in [0.1, 0.15) is 11.6 Å². The number of pyridine rings is 1. The first kappa shape index (κ1) is 16.3. The van der Waals surface area contributed by atoms with Gasteiger partial charge in [0.25, 0.3) is 5.91 Å². The van der Waals surface area contributed by atoms with E-state index >= 15 is 0 Å². The lowest BCUT2D eigenvalue weighted by Crippen LogP contribution is -2.36. The van der Waals surface area contributed by atoms with Gasteiger partial charge < -0.3 is 19.6 Å². The summed E-state index contributed by atoms with van der Waals surface area (Å²) in [6.45, 7) is 3.37. The van der Waals surface area contributed by atoms with E-state index in [9.17, 15) is 9.90 Å². The largest absolute Gasteiger partial charge is 0.508 e. The van der Waals surface area contributed by atoms with Crippen LogP contribution in [0.25, 0.3) is 0 Å². The summed E-state index contributed by atoms with van der Waals surface area (Å²) in [5, 5.41) is 9.83. The van der Waals surface area contributed by atoms with Crippen molar-refractivity contribution >= 4 is 11.7 Å². The van der Waals surface area contributed by atoms with Crippen LogP contribution in [0.3, 0.4) is 0 Å². The minimum absolute atomic E-state index is 0.126. The van der Waals surface area contributed by atoms with Crippen molar-refractivity contribution < 1.29 is 14.6 Å². The Hall–Kier alpha value is -2.60. The third-order valence-corrected chi connectivity index (χ3v) is 4.08. The van der Waals surface area contributed by atoms with E-state index in [1.165, 1.54) is 0 Å². The molecule has 0 saturated carbocycles. The van der Waals surface area contributed by atoms with Crippen LogP contribution in [0.1, 0.15) is 15.9 Å². The molecule has 0 spiro atoms. The number of aromatic nitrogens is 1. The second-order valence-corrected chi connectivity index (χ2v) is 5.79. The van der Waals surface area contributed by atoms with Crippen molar-refractivity contribution in [1.82, 2.24) is 9.88 Å². The average Bonchev–Trinajstić information content (AvgIpc) is 2.64. The molecule has 1 fully saturated rings. The number of amides is 1. The number of ether oxygens (including phenoxy) is 1. The van der Waals surface area contributed by atoms with Crippen LogP contribution in [0.2, 0.25) is 0 Å². The number of carbonyl (C=O) groups is 1. The van der Waals surface area contributed by atoms with E-state index in [0.29, 0.717) is 30.9 Å². The van der Waals surface area contributed by atoms with Crippen molar-refractivity contribution in [3.8, 4) is 5.75 Å². The van der Waals surface area contributed by atoms with Crippen molar-refractivity contribution in [2.45, 2.75) is 6.54 Å². The predicted molar refractivity (Wildman–Crippen MR) is 91.2 cm³/mol. The van der Waals surface area contributed by atoms with Gasteiger partial charge in [-0.2, -0.15) is 0 Å². The normalized spacial score (nSPS) is 14.5. The van der Waals surface area contributed by atoms with Crippen LogP contribution >= 0.6 is 0 Å². The SMILES string of the molecule is CN(Cc1ccccc1O)C(=O)c1ccc(N2CCOCC2)nc1. The number of hydrogen-bond acceptors (Lipinski definition) is 5. The molecule has 0 atom stereocenters. The van der Waals surface area contributed by atoms with Gasteiger partial charge in [0.05, 0.1) is 18.8 Å². The minimum atomic E-state index is -0.126. The molecule has 1 saturated heterocycles. The Kier molecular flexibility index (Phi) is 4.96. The van der Waals surface area contributed by atoms with Crippen LogP contribution < -0.4 is 4.90 Å². The molecule has 1 aromatic carbocycles. The Balaban J connectivity index is 1.67. The zero-order valence-electron chi connectivity index (χ0n) is 13.7. The summed E-state index contributed by atoms with van der Waals surface area (Å²) < 4.78 is 5.33. The van der Waals surface area contributed by atoms with Crippen LogP contribution in [0.15, 0.2) is 42.6 Å². The highest BCUT2D eigenvalue weighted by Gasteiger charge is 2.16. The number of hydrogen-bond donors (Lipinski definition) is 1. The van der Waals surface area contributed by atoms with Crippen LogP contribution in [0.5, 0.6) is 5.75 Å². The third-order valence-electron chi connectivity index (χ3n) is 4.08. The molecule has 6 heteroatoms. The molecule has 1 amide bonds. The summed E-state index contributed by atoms with van der Waals surface area (Å²) in [6.07, 6.45) is 1.61. The van der Waals surface area contributed by atoms with Gasteiger partial charge in [0, 0.05) is 38.4 Å². The molecule has 0 unspecified atom stereocenters. The first-order valence-corrected chi connectivity index (χ1v) is 7.96. The molecule has 0 bridgehead atoms. The second-order valence-electron chi connectivity index (χ2n) is 5.79. The second kappa shape index (κ2) is 7.31. The molecular formula is C18H21N3O3. The highest BCUT2D eigenvalue weighted by Crippen LogP contribution is 2.19. The number of aromatic hydroxyl groups is 1. The molecule has 2 heterocycles. The van der Waals surface area contributed by atoms with Gasteiger partial charge in [0.15, 0.2) is 0 Å². The van der Waals surface area contributed by atoms with Gasteiger partial charge in [-0.05, 0) is 18.2 Å². The van der Waals surface area contributed by atoms with E-state index in [1.807, 2.05) is 12.1 Å². The number of benzene rings is 1. The summed E-state index contributed by atoms with van der Waals surface area (Å²) in [5.74, 6) is 0.926. The summed E-state index contributed by atoms with van der Waals surface area (Å²) in [6, 6.07) is 10.7. The number of rotatable bonds is 4. The number of nitrogens with zero attached hydrogens (tertiary/aromatic N) is 3. The van der Waals surface area contributed by atoms with Gasteiger partial charge in [-0.25, -0.2) is 4.98 Å². The maximum atomic E-state index is 12.5. The summed E-state index contributed by atoms with van der Waals surface area (Å²) in [4.78, 5) is 20.6. The van der Waals surface area contributed by atoms with E-state index in [-0.39, 0.29) is 11.7 Å².